The van der Waals surface area contributed by atoms with Crippen molar-refractivity contribution in [2.45, 2.75) is 13.8 Å². The second-order valence-corrected chi connectivity index (χ2v) is 5.81. The largest absolute Gasteiger partial charge is 0.295 e. The van der Waals surface area contributed by atoms with Gasteiger partial charge < -0.3 is 0 Å². The van der Waals surface area contributed by atoms with Crippen LogP contribution < -0.4 is 0 Å². The van der Waals surface area contributed by atoms with E-state index in [1.807, 2.05) is 60.7 Å². The number of ketones is 2. The molecule has 2 nitrogen and oxygen atoms in total. The number of hydrogen-bond donors (Lipinski definition) is 0. The molecule has 0 aliphatic rings. The van der Waals surface area contributed by atoms with Crippen LogP contribution in [0.15, 0.2) is 72.8 Å². The van der Waals surface area contributed by atoms with Crippen molar-refractivity contribution in [1.82, 2.24) is 0 Å². The number of carbonyl (C=O) groups is 2. The van der Waals surface area contributed by atoms with Crippen molar-refractivity contribution in [3.63, 3.8) is 0 Å². The van der Waals surface area contributed by atoms with Gasteiger partial charge in [-0.3, -0.25) is 9.59 Å². The molecule has 3 aromatic carbocycles. The first kappa shape index (κ1) is 15.9. The Balaban J connectivity index is 2.04. The first-order valence-corrected chi connectivity index (χ1v) is 7.88. The summed E-state index contributed by atoms with van der Waals surface area (Å²) in [5, 5.41) is 0. The van der Waals surface area contributed by atoms with E-state index in [0.717, 1.165) is 22.3 Å². The van der Waals surface area contributed by atoms with E-state index in [2.05, 4.69) is 12.1 Å². The molecular weight excluding hydrogens is 296 g/mol. The van der Waals surface area contributed by atoms with E-state index in [1.54, 1.807) is 13.8 Å². The molecule has 0 saturated carbocycles. The van der Waals surface area contributed by atoms with Gasteiger partial charge in [0, 0.05) is 11.1 Å². The maximum absolute atomic E-state index is 11.4. The molecule has 24 heavy (non-hydrogen) atoms. The minimum atomic E-state index is 0.0645. The molecule has 0 amide bonds. The van der Waals surface area contributed by atoms with Gasteiger partial charge in [0.15, 0.2) is 11.6 Å². The fraction of sp³-hybridized carbons (Fsp3) is 0.0909. The zero-order valence-electron chi connectivity index (χ0n) is 13.7. The molecule has 3 rings (SSSR count). The van der Waals surface area contributed by atoms with E-state index in [4.69, 9.17) is 0 Å². The highest BCUT2D eigenvalue weighted by Crippen LogP contribution is 2.32. The average Bonchev–Trinajstić information content (AvgIpc) is 2.62. The fourth-order valence-electron chi connectivity index (χ4n) is 2.76. The molecule has 0 heterocycles. The fourth-order valence-corrected chi connectivity index (χ4v) is 2.76. The Morgan fingerprint density at radius 1 is 0.542 bits per heavy atom. The van der Waals surface area contributed by atoms with Crippen molar-refractivity contribution in [2.75, 3.05) is 0 Å². The van der Waals surface area contributed by atoms with Gasteiger partial charge in [0.05, 0.1) is 0 Å². The van der Waals surface area contributed by atoms with Crippen LogP contribution in [0.2, 0.25) is 0 Å². The average molecular weight is 314 g/mol. The topological polar surface area (TPSA) is 34.1 Å². The quantitative estimate of drug-likeness (QED) is 0.602. The number of benzene rings is 3. The Morgan fingerprint density at radius 2 is 0.875 bits per heavy atom. The van der Waals surface area contributed by atoms with Crippen LogP contribution in [0.5, 0.6) is 0 Å². The lowest BCUT2D eigenvalue weighted by Crippen LogP contribution is -1.93. The van der Waals surface area contributed by atoms with Crippen LogP contribution in [-0.2, 0) is 0 Å². The minimum Gasteiger partial charge on any atom is -0.295 e. The Morgan fingerprint density at radius 3 is 1.17 bits per heavy atom. The second kappa shape index (κ2) is 6.63. The number of rotatable bonds is 4. The maximum Gasteiger partial charge on any atom is 0.159 e. The predicted molar refractivity (Wildman–Crippen MR) is 97.3 cm³/mol. The van der Waals surface area contributed by atoms with Crippen molar-refractivity contribution < 1.29 is 9.59 Å². The van der Waals surface area contributed by atoms with E-state index < -0.39 is 0 Å². The molecule has 2 heteroatoms. The van der Waals surface area contributed by atoms with Crippen molar-refractivity contribution in [3.8, 4) is 22.3 Å². The molecule has 0 aliphatic heterocycles. The molecule has 0 spiro atoms. The van der Waals surface area contributed by atoms with E-state index in [9.17, 15) is 9.59 Å². The van der Waals surface area contributed by atoms with E-state index in [-0.39, 0.29) is 11.6 Å². The standard InChI is InChI=1S/C22H18O2/c1-15(23)17-7-11-19(12-8-17)21-5-3-4-6-22(21)20-13-9-18(10-14-20)16(2)24/h3-14H,1-2H3. The van der Waals surface area contributed by atoms with Crippen LogP contribution in [0.3, 0.4) is 0 Å². The summed E-state index contributed by atoms with van der Waals surface area (Å²) in [6.45, 7) is 3.14. The molecule has 0 unspecified atom stereocenters. The highest BCUT2D eigenvalue weighted by molar-refractivity contribution is 5.96. The molecule has 0 bridgehead atoms. The van der Waals surface area contributed by atoms with Crippen LogP contribution in [0.4, 0.5) is 0 Å². The lowest BCUT2D eigenvalue weighted by molar-refractivity contribution is 0.100. The summed E-state index contributed by atoms with van der Waals surface area (Å²) in [6.07, 6.45) is 0. The van der Waals surface area contributed by atoms with Crippen LogP contribution in [0, 0.1) is 0 Å². The zero-order valence-corrected chi connectivity index (χ0v) is 13.7. The summed E-state index contributed by atoms with van der Waals surface area (Å²) in [7, 11) is 0. The summed E-state index contributed by atoms with van der Waals surface area (Å²) < 4.78 is 0. The maximum atomic E-state index is 11.4. The second-order valence-electron chi connectivity index (χ2n) is 5.81. The van der Waals surface area contributed by atoms with Gasteiger partial charge >= 0.3 is 0 Å². The molecular formula is C22H18O2. The lowest BCUT2D eigenvalue weighted by Gasteiger charge is -2.11. The van der Waals surface area contributed by atoms with Gasteiger partial charge in [-0.05, 0) is 36.1 Å². The van der Waals surface area contributed by atoms with Gasteiger partial charge in [-0.25, -0.2) is 0 Å². The van der Waals surface area contributed by atoms with Crippen LogP contribution in [0.25, 0.3) is 22.3 Å². The third kappa shape index (κ3) is 3.18. The van der Waals surface area contributed by atoms with Crippen LogP contribution >= 0.6 is 0 Å². The monoisotopic (exact) mass is 314 g/mol. The van der Waals surface area contributed by atoms with Gasteiger partial charge in [0.1, 0.15) is 0 Å². The number of carbonyl (C=O) groups excluding carboxylic acids is 2. The molecule has 3 aromatic rings. The van der Waals surface area contributed by atoms with Crippen molar-refractivity contribution >= 4 is 11.6 Å². The zero-order chi connectivity index (χ0) is 17.1. The highest BCUT2D eigenvalue weighted by atomic mass is 16.1. The summed E-state index contributed by atoms with van der Waals surface area (Å²) in [6, 6.07) is 23.4. The number of hydrogen-bond acceptors (Lipinski definition) is 2. The van der Waals surface area contributed by atoms with Gasteiger partial charge in [-0.2, -0.15) is 0 Å². The Bertz CT molecular complexity index is 812. The first-order valence-electron chi connectivity index (χ1n) is 7.88. The van der Waals surface area contributed by atoms with E-state index >= 15 is 0 Å². The first-order chi connectivity index (χ1) is 11.6. The summed E-state index contributed by atoms with van der Waals surface area (Å²) >= 11 is 0. The van der Waals surface area contributed by atoms with Gasteiger partial charge in [0.25, 0.3) is 0 Å². The molecule has 0 radical (unpaired) electrons. The molecule has 118 valence electrons. The third-order valence-electron chi connectivity index (χ3n) is 4.13. The van der Waals surface area contributed by atoms with Gasteiger partial charge in [-0.1, -0.05) is 72.8 Å². The Labute approximate surface area is 141 Å². The van der Waals surface area contributed by atoms with E-state index in [0.29, 0.717) is 11.1 Å². The molecule has 0 N–H and O–H groups in total. The summed E-state index contributed by atoms with van der Waals surface area (Å²) in [5.41, 5.74) is 5.74. The van der Waals surface area contributed by atoms with Crippen molar-refractivity contribution in [2.24, 2.45) is 0 Å². The molecule has 0 atom stereocenters. The molecule has 0 fully saturated rings. The van der Waals surface area contributed by atoms with Crippen molar-refractivity contribution in [1.29, 1.82) is 0 Å². The SMILES string of the molecule is CC(=O)c1ccc(-c2ccccc2-c2ccc(C(C)=O)cc2)cc1. The van der Waals surface area contributed by atoms with Gasteiger partial charge in [-0.15, -0.1) is 0 Å². The van der Waals surface area contributed by atoms with E-state index in [1.165, 1.54) is 0 Å². The highest BCUT2D eigenvalue weighted by Gasteiger charge is 2.08. The van der Waals surface area contributed by atoms with Gasteiger partial charge in [0.2, 0.25) is 0 Å². The molecule has 0 aromatic heterocycles. The summed E-state index contributed by atoms with van der Waals surface area (Å²) in [5.74, 6) is 0.129. The predicted octanol–water partition coefficient (Wildman–Crippen LogP) is 5.43. The van der Waals surface area contributed by atoms with Crippen LogP contribution in [0.1, 0.15) is 34.6 Å². The van der Waals surface area contributed by atoms with Crippen LogP contribution in [-0.4, -0.2) is 11.6 Å². The smallest absolute Gasteiger partial charge is 0.159 e. The minimum absolute atomic E-state index is 0.0645. The van der Waals surface area contributed by atoms with Crippen molar-refractivity contribution in [3.05, 3.63) is 83.9 Å². The normalized spacial score (nSPS) is 10.4. The Hall–Kier alpha value is -3.00. The lowest BCUT2D eigenvalue weighted by atomic mass is 9.93. The Kier molecular flexibility index (Phi) is 4.39. The summed E-state index contributed by atoms with van der Waals surface area (Å²) in [4.78, 5) is 22.9. The number of Topliss-reactive ketones (excluding diaryl/α,β-unsaturated/α-hetero) is 2. The molecule has 0 aliphatic carbocycles. The molecule has 0 saturated heterocycles. The third-order valence-corrected chi connectivity index (χ3v) is 4.13.